The highest BCUT2D eigenvalue weighted by Gasteiger charge is 2.31. The van der Waals surface area contributed by atoms with Crippen molar-refractivity contribution in [1.29, 1.82) is 0 Å². The van der Waals surface area contributed by atoms with E-state index in [2.05, 4.69) is 10.1 Å². The third kappa shape index (κ3) is 2.01. The average molecular weight is 271 g/mol. The van der Waals surface area contributed by atoms with Crippen molar-refractivity contribution in [3.63, 3.8) is 0 Å². The van der Waals surface area contributed by atoms with Gasteiger partial charge in [-0.05, 0) is 24.8 Å². The number of nitrogens with zero attached hydrogens (tertiary/aromatic N) is 5. The van der Waals surface area contributed by atoms with E-state index in [0.717, 1.165) is 19.6 Å². The average Bonchev–Trinajstić information content (AvgIpc) is 3.05. The van der Waals surface area contributed by atoms with Crippen LogP contribution in [0.5, 0.6) is 0 Å². The quantitative estimate of drug-likeness (QED) is 0.829. The maximum Gasteiger partial charge on any atom is 0.293 e. The summed E-state index contributed by atoms with van der Waals surface area (Å²) < 4.78 is 3.75. The monoisotopic (exact) mass is 271 g/mol. The van der Waals surface area contributed by atoms with Crippen LogP contribution in [0.25, 0.3) is 0 Å². The van der Waals surface area contributed by atoms with E-state index < -0.39 is 0 Å². The summed E-state index contributed by atoms with van der Waals surface area (Å²) in [6.45, 7) is 2.44. The molecule has 0 amide bonds. The van der Waals surface area contributed by atoms with Crippen molar-refractivity contribution in [3.8, 4) is 0 Å². The lowest BCUT2D eigenvalue weighted by atomic mass is 10.1. The van der Waals surface area contributed by atoms with Crippen LogP contribution in [0.15, 0.2) is 35.6 Å². The fourth-order valence-corrected chi connectivity index (χ4v) is 2.67. The molecule has 1 saturated carbocycles. The first-order valence-electron chi connectivity index (χ1n) is 7.11. The van der Waals surface area contributed by atoms with Crippen LogP contribution in [-0.2, 0) is 6.54 Å². The third-order valence-corrected chi connectivity index (χ3v) is 4.11. The van der Waals surface area contributed by atoms with E-state index in [1.807, 2.05) is 21.8 Å². The summed E-state index contributed by atoms with van der Waals surface area (Å²) >= 11 is 0. The number of hydrogen-bond acceptors (Lipinski definition) is 4. The number of aromatic nitrogens is 4. The first kappa shape index (κ1) is 11.7. The molecule has 0 spiro atoms. The number of hydrogen-bond donors (Lipinski definition) is 0. The van der Waals surface area contributed by atoms with Crippen LogP contribution in [0.4, 0.5) is 5.82 Å². The number of anilines is 1. The molecule has 3 heterocycles. The van der Waals surface area contributed by atoms with Crippen molar-refractivity contribution in [1.82, 2.24) is 19.3 Å². The molecular weight excluding hydrogens is 254 g/mol. The largest absolute Gasteiger partial charge is 0.348 e. The first-order valence-corrected chi connectivity index (χ1v) is 7.11. The van der Waals surface area contributed by atoms with Gasteiger partial charge in [0.2, 0.25) is 0 Å². The molecule has 20 heavy (non-hydrogen) atoms. The molecule has 0 atom stereocenters. The van der Waals surface area contributed by atoms with Gasteiger partial charge in [0.15, 0.2) is 5.82 Å². The Labute approximate surface area is 116 Å². The van der Waals surface area contributed by atoms with E-state index in [0.29, 0.717) is 17.8 Å². The van der Waals surface area contributed by atoms with Crippen LogP contribution >= 0.6 is 0 Å². The zero-order chi connectivity index (χ0) is 13.5. The standard InChI is InChI=1S/C14H17N5O/c20-14-13(15-5-7-17(14)8-11-2-3-11)18-9-12(10-18)19-6-1-4-16-19/h1,4-7,11-12H,2-3,8-10H2. The second-order valence-corrected chi connectivity index (χ2v) is 5.70. The Morgan fingerprint density at radius 3 is 2.75 bits per heavy atom. The van der Waals surface area contributed by atoms with E-state index in [4.69, 9.17) is 0 Å². The minimum Gasteiger partial charge on any atom is -0.348 e. The van der Waals surface area contributed by atoms with Crippen molar-refractivity contribution < 1.29 is 0 Å². The molecule has 0 radical (unpaired) electrons. The lowest BCUT2D eigenvalue weighted by Gasteiger charge is -2.39. The Bertz CT molecular complexity index is 652. The molecule has 0 bridgehead atoms. The molecule has 6 heteroatoms. The van der Waals surface area contributed by atoms with Crippen molar-refractivity contribution in [3.05, 3.63) is 41.2 Å². The van der Waals surface area contributed by atoms with Gasteiger partial charge in [0.25, 0.3) is 5.56 Å². The van der Waals surface area contributed by atoms with Crippen molar-refractivity contribution >= 4 is 5.82 Å². The summed E-state index contributed by atoms with van der Waals surface area (Å²) in [5.41, 5.74) is 0.0401. The van der Waals surface area contributed by atoms with Gasteiger partial charge in [-0.25, -0.2) is 4.98 Å². The van der Waals surface area contributed by atoms with Crippen LogP contribution < -0.4 is 10.5 Å². The fraction of sp³-hybridized carbons (Fsp3) is 0.500. The van der Waals surface area contributed by atoms with Gasteiger partial charge in [0.05, 0.1) is 6.04 Å². The first-order chi connectivity index (χ1) is 9.81. The Morgan fingerprint density at radius 1 is 1.20 bits per heavy atom. The van der Waals surface area contributed by atoms with Crippen LogP contribution in [0.2, 0.25) is 0 Å². The molecule has 0 aromatic carbocycles. The van der Waals surface area contributed by atoms with E-state index in [1.165, 1.54) is 12.8 Å². The highest BCUT2D eigenvalue weighted by atomic mass is 16.1. The van der Waals surface area contributed by atoms with Gasteiger partial charge >= 0.3 is 0 Å². The molecule has 2 aromatic rings. The smallest absolute Gasteiger partial charge is 0.293 e. The van der Waals surface area contributed by atoms with E-state index >= 15 is 0 Å². The molecule has 0 unspecified atom stereocenters. The zero-order valence-electron chi connectivity index (χ0n) is 11.2. The lowest BCUT2D eigenvalue weighted by molar-refractivity contribution is 0.364. The number of rotatable bonds is 4. The van der Waals surface area contributed by atoms with Crippen LogP contribution in [0, 0.1) is 5.92 Å². The second kappa shape index (κ2) is 4.47. The Balaban J connectivity index is 1.51. The van der Waals surface area contributed by atoms with E-state index in [9.17, 15) is 4.79 Å². The summed E-state index contributed by atoms with van der Waals surface area (Å²) in [7, 11) is 0. The predicted molar refractivity (Wildman–Crippen MR) is 74.7 cm³/mol. The predicted octanol–water partition coefficient (Wildman–Crippen LogP) is 0.911. The Morgan fingerprint density at radius 2 is 2.05 bits per heavy atom. The van der Waals surface area contributed by atoms with Crippen molar-refractivity contribution in [2.75, 3.05) is 18.0 Å². The summed E-state index contributed by atoms with van der Waals surface area (Å²) in [5.74, 6) is 1.27. The third-order valence-electron chi connectivity index (χ3n) is 4.11. The Kier molecular flexibility index (Phi) is 2.61. The minimum absolute atomic E-state index is 0.0401. The highest BCUT2D eigenvalue weighted by molar-refractivity contribution is 5.39. The van der Waals surface area contributed by atoms with E-state index in [1.54, 1.807) is 23.2 Å². The van der Waals surface area contributed by atoms with Gasteiger partial charge in [-0.2, -0.15) is 5.10 Å². The van der Waals surface area contributed by atoms with Gasteiger partial charge in [-0.15, -0.1) is 0 Å². The molecular formula is C14H17N5O. The van der Waals surface area contributed by atoms with E-state index in [-0.39, 0.29) is 5.56 Å². The van der Waals surface area contributed by atoms with Crippen LogP contribution in [0.3, 0.4) is 0 Å². The molecule has 104 valence electrons. The van der Waals surface area contributed by atoms with Gasteiger partial charge in [0, 0.05) is 44.4 Å². The minimum atomic E-state index is 0.0401. The molecule has 1 saturated heterocycles. The molecule has 2 aromatic heterocycles. The molecule has 1 aliphatic carbocycles. The zero-order valence-corrected chi connectivity index (χ0v) is 11.2. The Hall–Kier alpha value is -2.11. The van der Waals surface area contributed by atoms with Crippen molar-refractivity contribution in [2.45, 2.75) is 25.4 Å². The van der Waals surface area contributed by atoms with Gasteiger partial charge in [0.1, 0.15) is 0 Å². The summed E-state index contributed by atoms with van der Waals surface area (Å²) in [6.07, 6.45) is 9.78. The molecule has 4 rings (SSSR count). The SMILES string of the molecule is O=c1c(N2CC(n3cccn3)C2)nccn1CC1CC1. The van der Waals surface area contributed by atoms with Crippen LogP contribution in [0.1, 0.15) is 18.9 Å². The maximum absolute atomic E-state index is 12.4. The summed E-state index contributed by atoms with van der Waals surface area (Å²) in [6, 6.07) is 2.27. The second-order valence-electron chi connectivity index (χ2n) is 5.70. The maximum atomic E-state index is 12.4. The molecule has 0 N–H and O–H groups in total. The fourth-order valence-electron chi connectivity index (χ4n) is 2.67. The summed E-state index contributed by atoms with van der Waals surface area (Å²) in [4.78, 5) is 18.7. The summed E-state index contributed by atoms with van der Waals surface area (Å²) in [5, 5.41) is 4.24. The molecule has 2 aliphatic rings. The van der Waals surface area contributed by atoms with Gasteiger partial charge in [-0.3, -0.25) is 9.48 Å². The van der Waals surface area contributed by atoms with Gasteiger partial charge < -0.3 is 9.47 Å². The highest BCUT2D eigenvalue weighted by Crippen LogP contribution is 2.30. The molecule has 2 fully saturated rings. The van der Waals surface area contributed by atoms with Crippen LogP contribution in [-0.4, -0.2) is 32.4 Å². The molecule has 6 nitrogen and oxygen atoms in total. The topological polar surface area (TPSA) is 56.0 Å². The van der Waals surface area contributed by atoms with Gasteiger partial charge in [-0.1, -0.05) is 0 Å². The molecule has 1 aliphatic heterocycles. The normalized spacial score (nSPS) is 19.1. The van der Waals surface area contributed by atoms with Crippen molar-refractivity contribution in [2.24, 2.45) is 5.92 Å². The lowest BCUT2D eigenvalue weighted by Crippen LogP contribution is -2.50.